The van der Waals surface area contributed by atoms with Crippen molar-refractivity contribution in [1.82, 2.24) is 4.68 Å². The van der Waals surface area contributed by atoms with Gasteiger partial charge in [-0.25, -0.2) is 9.51 Å². The number of pyridine rings is 1. The number of aryl methyl sites for hydroxylation is 2. The molecule has 9 heteroatoms. The summed E-state index contributed by atoms with van der Waals surface area (Å²) in [4.78, 5) is 15.9. The molecule has 0 saturated carbocycles. The van der Waals surface area contributed by atoms with E-state index in [1.54, 1.807) is 60.7 Å². The van der Waals surface area contributed by atoms with Gasteiger partial charge in [-0.05, 0) is 43.7 Å². The summed E-state index contributed by atoms with van der Waals surface area (Å²) < 4.78 is 27.2. The van der Waals surface area contributed by atoms with Crippen LogP contribution in [0.3, 0.4) is 0 Å². The molecular formula is C27H19ClN4O3S. The van der Waals surface area contributed by atoms with E-state index in [0.29, 0.717) is 16.1 Å². The molecule has 1 aromatic heterocycles. The van der Waals surface area contributed by atoms with Crippen molar-refractivity contribution >= 4 is 21.6 Å². The summed E-state index contributed by atoms with van der Waals surface area (Å²) in [7, 11) is -4.25. The fraction of sp³-hybridized carbons (Fsp3) is 0.0741. The van der Waals surface area contributed by atoms with Gasteiger partial charge in [-0.2, -0.15) is 18.9 Å². The Morgan fingerprint density at radius 2 is 1.28 bits per heavy atom. The Hall–Kier alpha value is -4.37. The first-order valence-corrected chi connectivity index (χ1v) is 12.6. The van der Waals surface area contributed by atoms with E-state index in [2.05, 4.69) is 10.9 Å². The summed E-state index contributed by atoms with van der Waals surface area (Å²) in [6.45, 7) is 3.69. The standard InChI is InChI=1S/C27H19ClN4O3S/c1-17-3-7-20(8-4-17)26-23(15-29)25(19-9-11-21(28)12-10-19)24(16-30)27(33)32(26)31-36(34,35)22-13-5-18(2)6-14-22/h3-14,31H,1-2H3. The highest BCUT2D eigenvalue weighted by Gasteiger charge is 2.27. The maximum Gasteiger partial charge on any atom is 0.288 e. The monoisotopic (exact) mass is 514 g/mol. The molecule has 0 bridgehead atoms. The number of hydrogen-bond acceptors (Lipinski definition) is 5. The minimum Gasteiger partial charge on any atom is -0.266 e. The molecule has 36 heavy (non-hydrogen) atoms. The molecule has 0 aliphatic rings. The number of nitriles is 2. The minimum absolute atomic E-state index is 0.0159. The zero-order chi connectivity index (χ0) is 26.0. The summed E-state index contributed by atoms with van der Waals surface area (Å²) in [5.41, 5.74) is 1.42. The van der Waals surface area contributed by atoms with Crippen LogP contribution in [0.2, 0.25) is 5.02 Å². The summed E-state index contributed by atoms with van der Waals surface area (Å²) in [6.07, 6.45) is 0. The van der Waals surface area contributed by atoms with Crippen LogP contribution in [0.4, 0.5) is 0 Å². The predicted octanol–water partition coefficient (Wildman–Crippen LogP) is 5.13. The number of aromatic nitrogens is 1. The number of halogens is 1. The Labute approximate surface area is 213 Å². The van der Waals surface area contributed by atoms with E-state index in [4.69, 9.17) is 11.6 Å². The van der Waals surface area contributed by atoms with Crippen molar-refractivity contribution in [2.24, 2.45) is 0 Å². The molecule has 0 radical (unpaired) electrons. The Kier molecular flexibility index (Phi) is 6.67. The van der Waals surface area contributed by atoms with Crippen LogP contribution >= 0.6 is 11.6 Å². The fourth-order valence-corrected chi connectivity index (χ4v) is 4.90. The summed E-state index contributed by atoms with van der Waals surface area (Å²) in [5.74, 6) is 0. The number of nitrogens with zero attached hydrogens (tertiary/aromatic N) is 3. The molecule has 0 aliphatic heterocycles. The first-order valence-electron chi connectivity index (χ1n) is 10.7. The van der Waals surface area contributed by atoms with E-state index in [0.717, 1.165) is 15.8 Å². The van der Waals surface area contributed by atoms with E-state index in [1.165, 1.54) is 12.1 Å². The molecule has 0 saturated heterocycles. The molecule has 0 atom stereocenters. The van der Waals surface area contributed by atoms with Crippen molar-refractivity contribution in [2.75, 3.05) is 4.83 Å². The van der Waals surface area contributed by atoms with Gasteiger partial charge in [0.2, 0.25) is 0 Å². The lowest BCUT2D eigenvalue weighted by atomic mass is 9.92. The SMILES string of the molecule is Cc1ccc(-c2c(C#N)c(-c3ccc(Cl)cc3)c(C#N)c(=O)n2NS(=O)(=O)c2ccc(C)cc2)cc1. The highest BCUT2D eigenvalue weighted by molar-refractivity contribution is 7.92. The predicted molar refractivity (Wildman–Crippen MR) is 138 cm³/mol. The third-order valence-electron chi connectivity index (χ3n) is 5.60. The van der Waals surface area contributed by atoms with Gasteiger partial charge in [0.05, 0.1) is 16.2 Å². The van der Waals surface area contributed by atoms with Crippen LogP contribution in [0.5, 0.6) is 0 Å². The quantitative estimate of drug-likeness (QED) is 0.396. The average molecular weight is 515 g/mol. The molecule has 0 fully saturated rings. The lowest BCUT2D eigenvalue weighted by molar-refractivity contribution is 0.594. The maximum absolute atomic E-state index is 13.6. The molecular weight excluding hydrogens is 496 g/mol. The second-order valence-corrected chi connectivity index (χ2v) is 10.2. The molecule has 4 rings (SSSR count). The maximum atomic E-state index is 13.6. The van der Waals surface area contributed by atoms with E-state index in [1.807, 2.05) is 19.9 Å². The average Bonchev–Trinajstić information content (AvgIpc) is 2.86. The van der Waals surface area contributed by atoms with Gasteiger partial charge >= 0.3 is 0 Å². The fourth-order valence-electron chi connectivity index (χ4n) is 3.76. The number of hydrogen-bond donors (Lipinski definition) is 1. The first kappa shape index (κ1) is 24.7. The van der Waals surface area contributed by atoms with Gasteiger partial charge in [0.15, 0.2) is 0 Å². The van der Waals surface area contributed by atoms with Crippen LogP contribution < -0.4 is 10.4 Å². The molecule has 0 aliphatic carbocycles. The van der Waals surface area contributed by atoms with Crippen molar-refractivity contribution < 1.29 is 8.42 Å². The molecule has 178 valence electrons. The van der Waals surface area contributed by atoms with Gasteiger partial charge in [0.25, 0.3) is 15.6 Å². The van der Waals surface area contributed by atoms with Crippen LogP contribution in [0.1, 0.15) is 22.3 Å². The third-order valence-corrected chi connectivity index (χ3v) is 7.17. The molecule has 0 spiro atoms. The smallest absolute Gasteiger partial charge is 0.266 e. The van der Waals surface area contributed by atoms with Crippen molar-refractivity contribution in [1.29, 1.82) is 10.5 Å². The van der Waals surface area contributed by atoms with Crippen molar-refractivity contribution in [3.63, 3.8) is 0 Å². The van der Waals surface area contributed by atoms with Crippen LogP contribution in [-0.4, -0.2) is 13.1 Å². The van der Waals surface area contributed by atoms with Crippen LogP contribution in [0.25, 0.3) is 22.4 Å². The number of nitrogens with one attached hydrogen (secondary N) is 1. The number of benzene rings is 3. The topological polar surface area (TPSA) is 116 Å². The second kappa shape index (κ2) is 9.71. The van der Waals surface area contributed by atoms with Gasteiger partial charge in [0.1, 0.15) is 17.7 Å². The van der Waals surface area contributed by atoms with Gasteiger partial charge in [-0.15, -0.1) is 0 Å². The first-order chi connectivity index (χ1) is 17.2. The highest BCUT2D eigenvalue weighted by Crippen LogP contribution is 2.33. The zero-order valence-corrected chi connectivity index (χ0v) is 20.9. The summed E-state index contributed by atoms with van der Waals surface area (Å²) in [6, 6.07) is 23.3. The van der Waals surface area contributed by atoms with E-state index in [-0.39, 0.29) is 27.3 Å². The lowest BCUT2D eigenvalue weighted by Crippen LogP contribution is -2.36. The van der Waals surface area contributed by atoms with Crippen molar-refractivity contribution in [3.8, 4) is 34.5 Å². The largest absolute Gasteiger partial charge is 0.288 e. The van der Waals surface area contributed by atoms with Gasteiger partial charge in [-0.1, -0.05) is 71.3 Å². The van der Waals surface area contributed by atoms with Crippen molar-refractivity contribution in [2.45, 2.75) is 18.7 Å². The molecule has 0 unspecified atom stereocenters. The minimum atomic E-state index is -4.25. The number of rotatable bonds is 5. The number of sulfonamides is 1. The highest BCUT2D eigenvalue weighted by atomic mass is 35.5. The second-order valence-electron chi connectivity index (χ2n) is 8.12. The normalized spacial score (nSPS) is 10.9. The molecule has 1 heterocycles. The van der Waals surface area contributed by atoms with Gasteiger partial charge in [0, 0.05) is 16.1 Å². The zero-order valence-electron chi connectivity index (χ0n) is 19.3. The molecule has 3 aromatic carbocycles. The Bertz CT molecular complexity index is 1710. The Morgan fingerprint density at radius 3 is 1.81 bits per heavy atom. The molecule has 1 N–H and O–H groups in total. The Balaban J connectivity index is 2.09. The third kappa shape index (κ3) is 4.60. The van der Waals surface area contributed by atoms with Crippen LogP contribution in [0, 0.1) is 36.5 Å². The molecule has 4 aromatic rings. The van der Waals surface area contributed by atoms with Crippen molar-refractivity contribution in [3.05, 3.63) is 110 Å². The summed E-state index contributed by atoms with van der Waals surface area (Å²) in [5, 5.41) is 20.6. The van der Waals surface area contributed by atoms with Crippen LogP contribution in [-0.2, 0) is 10.0 Å². The molecule has 7 nitrogen and oxygen atoms in total. The lowest BCUT2D eigenvalue weighted by Gasteiger charge is -2.20. The Morgan fingerprint density at radius 1 is 0.778 bits per heavy atom. The van der Waals surface area contributed by atoms with Crippen LogP contribution in [0.15, 0.2) is 82.5 Å². The summed E-state index contributed by atoms with van der Waals surface area (Å²) >= 11 is 6.01. The van der Waals surface area contributed by atoms with Gasteiger partial charge < -0.3 is 0 Å². The molecule has 0 amide bonds. The van der Waals surface area contributed by atoms with E-state index >= 15 is 0 Å². The van der Waals surface area contributed by atoms with E-state index in [9.17, 15) is 23.7 Å². The van der Waals surface area contributed by atoms with E-state index < -0.39 is 15.6 Å². The van der Waals surface area contributed by atoms with Gasteiger partial charge in [-0.3, -0.25) is 4.79 Å².